The second-order valence-corrected chi connectivity index (χ2v) is 8.94. The number of hydrogen-bond acceptors (Lipinski definition) is 5. The molecule has 1 unspecified atom stereocenters. The molecule has 1 saturated heterocycles. The van der Waals surface area contributed by atoms with Gasteiger partial charge in [0.2, 0.25) is 6.41 Å². The van der Waals surface area contributed by atoms with Crippen LogP contribution in [0.15, 0.2) is 24.3 Å². The monoisotopic (exact) mass is 467 g/mol. The third kappa shape index (κ3) is 5.98. The zero-order valence-corrected chi connectivity index (χ0v) is 20.1. The number of nitrogens with zero attached hydrogens (tertiary/aromatic N) is 1. The van der Waals surface area contributed by atoms with Crippen molar-refractivity contribution in [2.45, 2.75) is 32.9 Å². The van der Waals surface area contributed by atoms with Crippen molar-refractivity contribution in [1.29, 1.82) is 0 Å². The number of nitrogens with one attached hydrogen (secondary N) is 2. The molecule has 1 aromatic carbocycles. The highest BCUT2D eigenvalue weighted by atomic mass is 35.5. The summed E-state index contributed by atoms with van der Waals surface area (Å²) in [5.41, 5.74) is 8.06. The first-order chi connectivity index (χ1) is 14.9. The quantitative estimate of drug-likeness (QED) is 0.461. The van der Waals surface area contributed by atoms with Crippen LogP contribution in [-0.2, 0) is 22.5 Å². The molecule has 0 spiro atoms. The maximum atomic E-state index is 11.6. The van der Waals surface area contributed by atoms with Crippen molar-refractivity contribution in [3.8, 4) is 0 Å². The van der Waals surface area contributed by atoms with Crippen LogP contribution < -0.4 is 16.4 Å². The average Bonchev–Trinajstić information content (AvgIpc) is 3.06. The highest BCUT2D eigenvalue weighted by Crippen LogP contribution is 2.39. The predicted octanol–water partition coefficient (Wildman–Crippen LogP) is 3.72. The molecule has 2 aliphatic heterocycles. The third-order valence-electron chi connectivity index (χ3n) is 5.54. The molecule has 1 fully saturated rings. The van der Waals surface area contributed by atoms with Crippen molar-refractivity contribution in [3.05, 3.63) is 45.3 Å². The number of likely N-dealkylation sites (N-methyl/N-ethyl adjacent to an activating group) is 1. The normalized spacial score (nSPS) is 19.4. The zero-order chi connectivity index (χ0) is 23.0. The van der Waals surface area contributed by atoms with E-state index in [0.29, 0.717) is 23.0 Å². The van der Waals surface area contributed by atoms with Gasteiger partial charge in [-0.25, -0.2) is 0 Å². The summed E-state index contributed by atoms with van der Waals surface area (Å²) in [4.78, 5) is 23.5. The average molecular weight is 468 g/mol. The zero-order valence-electron chi connectivity index (χ0n) is 18.5. The Balaban J connectivity index is 0.000000261. The number of nitrogens with two attached hydrogens (primary N) is 1. The van der Waals surface area contributed by atoms with E-state index in [9.17, 15) is 9.59 Å². The maximum Gasteiger partial charge on any atom is 0.252 e. The van der Waals surface area contributed by atoms with E-state index in [1.54, 1.807) is 0 Å². The van der Waals surface area contributed by atoms with Crippen LogP contribution in [0.1, 0.15) is 34.6 Å². The predicted molar refractivity (Wildman–Crippen MR) is 128 cm³/mol. The van der Waals surface area contributed by atoms with Crippen molar-refractivity contribution in [2.75, 3.05) is 44.5 Å². The fraction of sp³-hybridized carbons (Fsp3) is 0.455. The highest BCUT2D eigenvalue weighted by Gasteiger charge is 2.42. The molecule has 1 aromatic heterocycles. The summed E-state index contributed by atoms with van der Waals surface area (Å²) < 4.78 is 6.24. The molecule has 170 valence electrons. The Morgan fingerprint density at radius 1 is 1.29 bits per heavy atom. The summed E-state index contributed by atoms with van der Waals surface area (Å²) in [6.45, 7) is 7.45. The topological polar surface area (TPSA) is 93.4 Å². The fourth-order valence-corrected chi connectivity index (χ4v) is 5.10. The molecule has 9 heteroatoms. The lowest BCUT2D eigenvalue weighted by Crippen LogP contribution is -2.62. The Kier molecular flexibility index (Phi) is 9.31. The van der Waals surface area contributed by atoms with Crippen LogP contribution >= 0.6 is 22.9 Å². The van der Waals surface area contributed by atoms with E-state index in [-0.39, 0.29) is 0 Å². The first-order valence-electron chi connectivity index (χ1n) is 10.4. The summed E-state index contributed by atoms with van der Waals surface area (Å²) >= 11 is 7.11. The summed E-state index contributed by atoms with van der Waals surface area (Å²) in [7, 11) is 4.11. The van der Waals surface area contributed by atoms with Gasteiger partial charge in [-0.3, -0.25) is 9.59 Å². The number of carbonyl (C=O) groups is 2. The van der Waals surface area contributed by atoms with Gasteiger partial charge in [-0.1, -0.05) is 25.4 Å². The smallest absolute Gasteiger partial charge is 0.252 e. The van der Waals surface area contributed by atoms with Crippen molar-refractivity contribution in [3.63, 3.8) is 0 Å². The number of primary amides is 1. The molecular formula is C22H32ClN4O3S+. The van der Waals surface area contributed by atoms with E-state index in [4.69, 9.17) is 22.1 Å². The number of carbonyl (C=O) groups excluding carboxylic acids is 2. The number of rotatable bonds is 5. The van der Waals surface area contributed by atoms with Gasteiger partial charge in [-0.2, -0.15) is 0 Å². The van der Waals surface area contributed by atoms with Crippen LogP contribution in [0.5, 0.6) is 0 Å². The number of benzene rings is 1. The summed E-state index contributed by atoms with van der Waals surface area (Å²) in [6, 6.07) is 8.11. The Morgan fingerprint density at radius 2 is 1.94 bits per heavy atom. The molecule has 3 heterocycles. The number of amides is 2. The van der Waals surface area contributed by atoms with Gasteiger partial charge in [0.15, 0.2) is 0 Å². The number of hydrogen-bond donors (Lipinski definition) is 3. The van der Waals surface area contributed by atoms with E-state index >= 15 is 0 Å². The van der Waals surface area contributed by atoms with Crippen molar-refractivity contribution in [2.24, 2.45) is 5.73 Å². The van der Waals surface area contributed by atoms with Gasteiger partial charge >= 0.3 is 0 Å². The van der Waals surface area contributed by atoms with Crippen LogP contribution in [0.3, 0.4) is 0 Å². The van der Waals surface area contributed by atoms with Gasteiger partial charge < -0.3 is 25.6 Å². The van der Waals surface area contributed by atoms with E-state index < -0.39 is 5.91 Å². The van der Waals surface area contributed by atoms with Crippen molar-refractivity contribution >= 4 is 45.9 Å². The lowest BCUT2D eigenvalue weighted by molar-refractivity contribution is -0.955. The fourth-order valence-electron chi connectivity index (χ4n) is 3.61. The lowest BCUT2D eigenvalue weighted by Gasteiger charge is -2.47. The first-order valence-corrected chi connectivity index (χ1v) is 11.6. The number of halogens is 1. The van der Waals surface area contributed by atoms with E-state index in [0.717, 1.165) is 58.4 Å². The van der Waals surface area contributed by atoms with Crippen LogP contribution in [0.4, 0.5) is 10.7 Å². The first kappa shape index (κ1) is 25.1. The second kappa shape index (κ2) is 11.5. The Hall–Kier alpha value is -2.13. The van der Waals surface area contributed by atoms with Crippen molar-refractivity contribution < 1.29 is 18.8 Å². The van der Waals surface area contributed by atoms with E-state index in [2.05, 4.69) is 17.7 Å². The SMILES string of the molecule is CC.CNc1ccc(Cl)cc1.C[N+]1(C2COC2)CCc2c(sc(NC=O)c2C(N)=O)C1. The van der Waals surface area contributed by atoms with Gasteiger partial charge in [0.25, 0.3) is 5.91 Å². The van der Waals surface area contributed by atoms with Crippen LogP contribution in [-0.4, -0.2) is 56.7 Å². The van der Waals surface area contributed by atoms with Gasteiger partial charge in [0.05, 0.1) is 24.0 Å². The maximum absolute atomic E-state index is 11.6. The van der Waals surface area contributed by atoms with Crippen LogP contribution in [0, 0.1) is 0 Å². The Labute approximate surface area is 193 Å². The lowest BCUT2D eigenvalue weighted by atomic mass is 9.98. The summed E-state index contributed by atoms with van der Waals surface area (Å²) in [6.07, 6.45) is 1.41. The molecule has 2 aliphatic rings. The molecule has 4 rings (SSSR count). The second-order valence-electron chi connectivity index (χ2n) is 7.39. The Bertz CT molecular complexity index is 884. The standard InChI is InChI=1S/C13H17N3O3S.C7H8ClN.C2H6/c1-16(8-5-19-6-8)3-2-9-10(4-16)20-13(15-7-17)11(9)12(14)18;1-9-7-4-2-6(8)3-5-7;1-2/h7-8H,2-6H2,1H3,(H2-,14,15,17,18);2-5,9H,1H3;1-2H3/p+1. The summed E-state index contributed by atoms with van der Waals surface area (Å²) in [5, 5.41) is 6.95. The molecule has 1 atom stereocenters. The number of thiophene rings is 1. The molecule has 2 aromatic rings. The largest absolute Gasteiger partial charge is 0.388 e. The van der Waals surface area contributed by atoms with Crippen LogP contribution in [0.25, 0.3) is 0 Å². The molecule has 7 nitrogen and oxygen atoms in total. The molecule has 4 N–H and O–H groups in total. The van der Waals surface area contributed by atoms with Gasteiger partial charge in [-0.15, -0.1) is 11.3 Å². The molecule has 0 saturated carbocycles. The third-order valence-corrected chi connectivity index (χ3v) is 6.94. The summed E-state index contributed by atoms with van der Waals surface area (Å²) in [5.74, 6) is -0.463. The minimum absolute atomic E-state index is 0.463. The minimum atomic E-state index is -0.463. The molecular weight excluding hydrogens is 436 g/mol. The molecule has 0 aliphatic carbocycles. The van der Waals surface area contributed by atoms with Gasteiger partial charge in [0.1, 0.15) is 30.8 Å². The number of fused-ring (bicyclic) bond motifs is 1. The highest BCUT2D eigenvalue weighted by molar-refractivity contribution is 7.16. The van der Waals surface area contributed by atoms with E-state index in [1.807, 2.05) is 45.2 Å². The molecule has 0 radical (unpaired) electrons. The minimum Gasteiger partial charge on any atom is -0.388 e. The number of ether oxygens (including phenoxy) is 1. The Morgan fingerprint density at radius 3 is 2.42 bits per heavy atom. The van der Waals surface area contributed by atoms with Crippen molar-refractivity contribution in [1.82, 2.24) is 0 Å². The van der Waals surface area contributed by atoms with Gasteiger partial charge in [0, 0.05) is 24.2 Å². The molecule has 2 amide bonds. The molecule has 31 heavy (non-hydrogen) atoms. The number of anilines is 2. The number of quaternary nitrogens is 1. The van der Waals surface area contributed by atoms with Gasteiger partial charge in [-0.05, 0) is 29.8 Å². The van der Waals surface area contributed by atoms with Crippen LogP contribution in [0.2, 0.25) is 5.02 Å². The van der Waals surface area contributed by atoms with E-state index in [1.165, 1.54) is 11.3 Å². The molecule has 0 bridgehead atoms.